The lowest BCUT2D eigenvalue weighted by molar-refractivity contribution is -0.887. The van der Waals surface area contributed by atoms with E-state index in [4.69, 9.17) is 14.2 Å². The number of carbonyl (C=O) groups excluding carboxylic acids is 2. The Kier molecular flexibility index (Phi) is 40.2. The van der Waals surface area contributed by atoms with Gasteiger partial charge in [-0.05, 0) is 83.5 Å². The van der Waals surface area contributed by atoms with Gasteiger partial charge in [0.25, 0.3) is 0 Å². The molecule has 0 saturated heterocycles. The highest BCUT2D eigenvalue weighted by Crippen LogP contribution is 2.14. The number of carboxylic acids is 1. The number of allylic oxidation sites excluding steroid dienone is 12. The Morgan fingerprint density at radius 2 is 0.933 bits per heavy atom. The zero-order valence-electron chi connectivity index (χ0n) is 39.1. The Hall–Kier alpha value is -3.23. The van der Waals surface area contributed by atoms with Crippen molar-refractivity contribution in [3.8, 4) is 0 Å². The van der Waals surface area contributed by atoms with Crippen molar-refractivity contribution in [3.05, 3.63) is 72.9 Å². The molecule has 0 aliphatic heterocycles. The van der Waals surface area contributed by atoms with Crippen molar-refractivity contribution in [3.63, 3.8) is 0 Å². The van der Waals surface area contributed by atoms with Gasteiger partial charge in [0, 0.05) is 19.3 Å². The maximum absolute atomic E-state index is 12.8. The van der Waals surface area contributed by atoms with Crippen LogP contribution in [0.15, 0.2) is 72.9 Å². The van der Waals surface area contributed by atoms with Crippen molar-refractivity contribution in [2.75, 3.05) is 41.0 Å². The molecular formula is C52H90NO7+. The molecule has 2 unspecified atom stereocenters. The van der Waals surface area contributed by atoms with Crippen LogP contribution in [-0.2, 0) is 28.6 Å². The van der Waals surface area contributed by atoms with Crippen LogP contribution in [0.1, 0.15) is 187 Å². The van der Waals surface area contributed by atoms with Crippen LogP contribution in [0.25, 0.3) is 0 Å². The number of rotatable bonds is 42. The van der Waals surface area contributed by atoms with E-state index >= 15 is 0 Å². The predicted octanol–water partition coefficient (Wildman–Crippen LogP) is 13.5. The molecule has 8 heteroatoms. The van der Waals surface area contributed by atoms with Gasteiger partial charge in [0.1, 0.15) is 6.61 Å². The van der Waals surface area contributed by atoms with Crippen LogP contribution in [0.4, 0.5) is 0 Å². The highest BCUT2D eigenvalue weighted by Gasteiger charge is 2.31. The van der Waals surface area contributed by atoms with E-state index in [9.17, 15) is 19.5 Å². The van der Waals surface area contributed by atoms with E-state index in [0.717, 1.165) is 77.0 Å². The Morgan fingerprint density at radius 1 is 0.517 bits per heavy atom. The molecule has 0 aromatic rings. The van der Waals surface area contributed by atoms with Crippen LogP contribution in [0, 0.1) is 0 Å². The largest absolute Gasteiger partial charge is 0.477 e. The third kappa shape index (κ3) is 40.2. The van der Waals surface area contributed by atoms with Crippen LogP contribution in [0.5, 0.6) is 0 Å². The average Bonchev–Trinajstić information content (AvgIpc) is 3.21. The van der Waals surface area contributed by atoms with E-state index < -0.39 is 18.1 Å². The number of unbranched alkanes of at least 4 members (excludes halogenated alkanes) is 16. The van der Waals surface area contributed by atoms with Gasteiger partial charge in [0.05, 0.1) is 34.4 Å². The first-order valence-electron chi connectivity index (χ1n) is 24.0. The summed E-state index contributed by atoms with van der Waals surface area (Å²) in [6, 6.07) is -0.625. The SMILES string of the molecule is CC/C=C/C/C=C/C/C=C/C/C=C/C/C=C/CCCCCC(=O)OC(COCCC(C(=O)O)[N+](C)(C)C)COC(=O)CCCCCCCCC/C=C/CCCCCCCC. The van der Waals surface area contributed by atoms with E-state index in [1.807, 2.05) is 21.1 Å². The molecule has 0 amide bonds. The molecule has 344 valence electrons. The fraction of sp³-hybridized carbons (Fsp3) is 0.712. The molecule has 1 N–H and O–H groups in total. The quantitative estimate of drug-likeness (QED) is 0.0283. The molecular weight excluding hydrogens is 751 g/mol. The topological polar surface area (TPSA) is 99.1 Å². The number of likely N-dealkylation sites (N-methyl/N-ethyl adjacent to an activating group) is 1. The first-order chi connectivity index (χ1) is 29.1. The van der Waals surface area contributed by atoms with Gasteiger partial charge >= 0.3 is 17.9 Å². The highest BCUT2D eigenvalue weighted by atomic mass is 16.6. The fourth-order valence-corrected chi connectivity index (χ4v) is 6.64. The Labute approximate surface area is 368 Å². The summed E-state index contributed by atoms with van der Waals surface area (Å²) in [5, 5.41) is 9.64. The van der Waals surface area contributed by atoms with Crippen molar-refractivity contribution >= 4 is 17.9 Å². The summed E-state index contributed by atoms with van der Waals surface area (Å²) >= 11 is 0. The second-order valence-electron chi connectivity index (χ2n) is 17.0. The molecule has 8 nitrogen and oxygen atoms in total. The van der Waals surface area contributed by atoms with Gasteiger partial charge in [0.2, 0.25) is 0 Å². The standard InChI is InChI=1S/C52H89NO7/c1-6-8-10-12-14-16-18-20-22-24-25-27-29-31-33-35-37-39-41-43-51(55)60-48(46-58-45-44-49(52(56)57)53(3,4)5)47-59-50(54)42-40-38-36-34-32-30-28-26-23-21-19-17-15-13-11-9-7-2/h8,10,14,16,20-23,25,27,31,33,48-49H,6-7,9,11-13,15,17-19,24,26,28-30,32,34-47H2,1-5H3/p+1/b10-8+,16-14+,22-20+,23-21+,27-25+,33-31+. The summed E-state index contributed by atoms with van der Waals surface area (Å²) in [6.45, 7) is 4.58. The molecule has 2 atom stereocenters. The summed E-state index contributed by atoms with van der Waals surface area (Å²) in [7, 11) is 5.51. The maximum Gasteiger partial charge on any atom is 0.362 e. The molecule has 0 heterocycles. The van der Waals surface area contributed by atoms with Gasteiger partial charge in [-0.25, -0.2) is 4.79 Å². The second kappa shape index (κ2) is 42.5. The maximum atomic E-state index is 12.8. The van der Waals surface area contributed by atoms with Gasteiger partial charge in [0.15, 0.2) is 12.1 Å². The molecule has 60 heavy (non-hydrogen) atoms. The van der Waals surface area contributed by atoms with Crippen molar-refractivity contribution in [2.24, 2.45) is 0 Å². The summed E-state index contributed by atoms with van der Waals surface area (Å²) in [6.07, 6.45) is 53.7. The third-order valence-electron chi connectivity index (χ3n) is 10.3. The summed E-state index contributed by atoms with van der Waals surface area (Å²) in [5.41, 5.74) is 0. The second-order valence-corrected chi connectivity index (χ2v) is 17.0. The van der Waals surface area contributed by atoms with Crippen LogP contribution >= 0.6 is 0 Å². The van der Waals surface area contributed by atoms with Crippen LogP contribution in [0.2, 0.25) is 0 Å². The zero-order valence-corrected chi connectivity index (χ0v) is 39.1. The number of hydrogen-bond acceptors (Lipinski definition) is 6. The third-order valence-corrected chi connectivity index (χ3v) is 10.3. The van der Waals surface area contributed by atoms with E-state index in [0.29, 0.717) is 12.8 Å². The highest BCUT2D eigenvalue weighted by molar-refractivity contribution is 5.72. The van der Waals surface area contributed by atoms with Crippen LogP contribution in [0.3, 0.4) is 0 Å². The Balaban J connectivity index is 4.38. The molecule has 0 radical (unpaired) electrons. The van der Waals surface area contributed by atoms with Crippen molar-refractivity contribution in [1.29, 1.82) is 0 Å². The molecule has 0 bridgehead atoms. The molecule has 0 aromatic heterocycles. The minimum Gasteiger partial charge on any atom is -0.477 e. The minimum absolute atomic E-state index is 0.0431. The van der Waals surface area contributed by atoms with Gasteiger partial charge in [-0.15, -0.1) is 0 Å². The summed E-state index contributed by atoms with van der Waals surface area (Å²) < 4.78 is 17.3. The number of nitrogens with zero attached hydrogens (tertiary/aromatic N) is 1. The summed E-state index contributed by atoms with van der Waals surface area (Å²) in [4.78, 5) is 37.1. The van der Waals surface area contributed by atoms with E-state index in [-0.39, 0.29) is 42.7 Å². The number of hydrogen-bond donors (Lipinski definition) is 1. The van der Waals surface area contributed by atoms with Gasteiger partial charge < -0.3 is 23.8 Å². The average molecular weight is 841 g/mol. The van der Waals surface area contributed by atoms with Crippen molar-refractivity contribution in [2.45, 2.75) is 199 Å². The van der Waals surface area contributed by atoms with Crippen molar-refractivity contribution < 1.29 is 38.2 Å². The number of esters is 2. The van der Waals surface area contributed by atoms with E-state index in [2.05, 4.69) is 86.8 Å². The lowest BCUT2D eigenvalue weighted by Gasteiger charge is -2.31. The predicted molar refractivity (Wildman–Crippen MR) is 252 cm³/mol. The first kappa shape index (κ1) is 56.8. The number of carbonyl (C=O) groups is 3. The van der Waals surface area contributed by atoms with Crippen LogP contribution < -0.4 is 0 Å². The van der Waals surface area contributed by atoms with Crippen LogP contribution in [-0.4, -0.2) is 80.6 Å². The number of ether oxygens (including phenoxy) is 3. The molecule has 0 aromatic carbocycles. The molecule has 0 fully saturated rings. The molecule has 0 saturated carbocycles. The monoisotopic (exact) mass is 841 g/mol. The van der Waals surface area contributed by atoms with Gasteiger partial charge in [-0.3, -0.25) is 9.59 Å². The molecule has 0 rings (SSSR count). The van der Waals surface area contributed by atoms with Gasteiger partial charge in [-0.2, -0.15) is 0 Å². The first-order valence-corrected chi connectivity index (χ1v) is 24.0. The normalized spacial score (nSPS) is 13.6. The molecule has 0 aliphatic rings. The fourth-order valence-electron chi connectivity index (χ4n) is 6.64. The minimum atomic E-state index is -0.883. The van der Waals surface area contributed by atoms with Gasteiger partial charge in [-0.1, -0.05) is 157 Å². The lowest BCUT2D eigenvalue weighted by Crippen LogP contribution is -2.50. The number of aliphatic carboxylic acids is 1. The Morgan fingerprint density at radius 3 is 1.42 bits per heavy atom. The molecule has 0 aliphatic carbocycles. The molecule has 0 spiro atoms. The number of carboxylic acid groups (broad SMARTS) is 1. The lowest BCUT2D eigenvalue weighted by atomic mass is 10.1. The summed E-state index contributed by atoms with van der Waals surface area (Å²) in [5.74, 6) is -1.52. The van der Waals surface area contributed by atoms with E-state index in [1.54, 1.807) is 0 Å². The Bertz CT molecular complexity index is 1210. The number of quaternary nitrogens is 1. The van der Waals surface area contributed by atoms with Crippen molar-refractivity contribution in [1.82, 2.24) is 0 Å². The van der Waals surface area contributed by atoms with E-state index in [1.165, 1.54) is 77.0 Å². The zero-order chi connectivity index (χ0) is 44.2. The smallest absolute Gasteiger partial charge is 0.362 e.